The minimum atomic E-state index is -5.04. The molecule has 1 aliphatic rings. The maximum atomic E-state index is 12.6. The molecule has 0 aromatic heterocycles. The van der Waals surface area contributed by atoms with Crippen molar-refractivity contribution in [3.05, 3.63) is 29.8 Å². The standard InChI is InChI=1S/C10H12BF3NO2S/c12-11(13,14)10-4-1-3-9(7-10)8-15-5-2-6-18(15,16)17/h1,3-4,7H,2,5-6,8H2/q-1. The van der Waals surface area contributed by atoms with Gasteiger partial charge in [-0.3, -0.25) is 0 Å². The zero-order valence-electron chi connectivity index (χ0n) is 9.52. The number of halogens is 3. The second-order valence-corrected chi connectivity index (χ2v) is 6.41. The lowest BCUT2D eigenvalue weighted by atomic mass is 9.79. The van der Waals surface area contributed by atoms with Crippen LogP contribution in [0.2, 0.25) is 0 Å². The van der Waals surface area contributed by atoms with Crippen molar-refractivity contribution < 1.29 is 21.4 Å². The summed E-state index contributed by atoms with van der Waals surface area (Å²) >= 11 is 0. The van der Waals surface area contributed by atoms with Crippen molar-refractivity contribution in [1.29, 1.82) is 0 Å². The molecule has 0 bridgehead atoms. The van der Waals surface area contributed by atoms with Gasteiger partial charge < -0.3 is 12.9 Å². The van der Waals surface area contributed by atoms with Crippen LogP contribution in [0.5, 0.6) is 0 Å². The Kier molecular flexibility index (Phi) is 3.42. The smallest absolute Gasteiger partial charge is 0.445 e. The van der Waals surface area contributed by atoms with Crippen molar-refractivity contribution in [2.24, 2.45) is 0 Å². The zero-order chi connectivity index (χ0) is 13.4. The Hall–Kier alpha value is -1.02. The molecule has 1 aromatic rings. The van der Waals surface area contributed by atoms with Gasteiger partial charge in [-0.1, -0.05) is 24.3 Å². The highest BCUT2D eigenvalue weighted by Gasteiger charge is 2.29. The maximum Gasteiger partial charge on any atom is 0.509 e. The second kappa shape index (κ2) is 4.58. The Bertz CT molecular complexity index is 544. The molecular weight excluding hydrogens is 266 g/mol. The monoisotopic (exact) mass is 278 g/mol. The summed E-state index contributed by atoms with van der Waals surface area (Å²) in [5.41, 5.74) is -0.318. The molecule has 2 rings (SSSR count). The quantitative estimate of drug-likeness (QED) is 0.781. The van der Waals surface area contributed by atoms with E-state index in [0.717, 1.165) is 12.1 Å². The van der Waals surface area contributed by atoms with E-state index in [0.29, 0.717) is 18.5 Å². The van der Waals surface area contributed by atoms with Crippen molar-refractivity contribution in [2.45, 2.75) is 13.0 Å². The third-order valence-corrected chi connectivity index (χ3v) is 4.79. The van der Waals surface area contributed by atoms with Crippen LogP contribution in [0.25, 0.3) is 0 Å². The molecule has 3 nitrogen and oxygen atoms in total. The van der Waals surface area contributed by atoms with Crippen molar-refractivity contribution in [1.82, 2.24) is 4.31 Å². The number of benzene rings is 1. The lowest BCUT2D eigenvalue weighted by Gasteiger charge is -2.18. The number of hydrogen-bond acceptors (Lipinski definition) is 2. The third-order valence-electron chi connectivity index (χ3n) is 2.89. The molecule has 100 valence electrons. The molecule has 18 heavy (non-hydrogen) atoms. The normalized spacial score (nSPS) is 20.2. The highest BCUT2D eigenvalue weighted by Crippen LogP contribution is 2.17. The molecule has 0 radical (unpaired) electrons. The van der Waals surface area contributed by atoms with Gasteiger partial charge in [-0.05, 0) is 12.0 Å². The first-order chi connectivity index (χ1) is 8.29. The lowest BCUT2D eigenvalue weighted by molar-refractivity contribution is 0.440. The average molecular weight is 278 g/mol. The summed E-state index contributed by atoms with van der Waals surface area (Å²) < 4.78 is 62.0. The van der Waals surface area contributed by atoms with Gasteiger partial charge in [0.25, 0.3) is 0 Å². The summed E-state index contributed by atoms with van der Waals surface area (Å²) in [7, 11) is -3.28. The van der Waals surface area contributed by atoms with Gasteiger partial charge in [0.2, 0.25) is 10.0 Å². The molecular formula is C10H12BF3NO2S-. The summed E-state index contributed by atoms with van der Waals surface area (Å²) in [4.78, 5) is 0. The zero-order valence-corrected chi connectivity index (χ0v) is 10.3. The molecule has 0 unspecified atom stereocenters. The number of hydrogen-bond donors (Lipinski definition) is 0. The number of nitrogens with zero attached hydrogens (tertiary/aromatic N) is 1. The fraction of sp³-hybridized carbons (Fsp3) is 0.400. The van der Waals surface area contributed by atoms with E-state index in [2.05, 4.69) is 0 Å². The molecule has 1 heterocycles. The topological polar surface area (TPSA) is 37.4 Å². The molecule has 0 amide bonds. The summed E-state index contributed by atoms with van der Waals surface area (Å²) in [6, 6.07) is 4.84. The second-order valence-electron chi connectivity index (χ2n) is 4.32. The van der Waals surface area contributed by atoms with Crippen molar-refractivity contribution in [2.75, 3.05) is 12.3 Å². The van der Waals surface area contributed by atoms with Crippen LogP contribution in [0.15, 0.2) is 24.3 Å². The predicted molar refractivity (Wildman–Crippen MR) is 64.0 cm³/mol. The largest absolute Gasteiger partial charge is 0.509 e. The molecule has 0 N–H and O–H groups in total. The molecule has 1 saturated heterocycles. The molecule has 0 atom stereocenters. The highest BCUT2D eigenvalue weighted by atomic mass is 32.2. The SMILES string of the molecule is O=S1(=O)CCCN1Cc1cccc([B-](F)(F)F)c1. The van der Waals surface area contributed by atoms with Gasteiger partial charge in [0.05, 0.1) is 5.75 Å². The fourth-order valence-electron chi connectivity index (χ4n) is 1.97. The van der Waals surface area contributed by atoms with Gasteiger partial charge in [0.15, 0.2) is 0 Å². The molecule has 0 spiro atoms. The van der Waals surface area contributed by atoms with Crippen molar-refractivity contribution >= 4 is 22.5 Å². The number of rotatable bonds is 3. The predicted octanol–water partition coefficient (Wildman–Crippen LogP) is 1.28. The Morgan fingerprint density at radius 3 is 2.56 bits per heavy atom. The molecule has 0 aliphatic carbocycles. The van der Waals surface area contributed by atoms with Crippen molar-refractivity contribution in [3.8, 4) is 0 Å². The molecule has 8 heteroatoms. The van der Waals surface area contributed by atoms with E-state index >= 15 is 0 Å². The molecule has 1 aliphatic heterocycles. The lowest BCUT2D eigenvalue weighted by Crippen LogP contribution is -2.34. The average Bonchev–Trinajstić information content (AvgIpc) is 2.58. The van der Waals surface area contributed by atoms with Crippen LogP contribution in [-0.2, 0) is 16.6 Å². The van der Waals surface area contributed by atoms with Gasteiger partial charge in [-0.25, -0.2) is 8.42 Å². The van der Waals surface area contributed by atoms with Crippen LogP contribution >= 0.6 is 0 Å². The van der Waals surface area contributed by atoms with Crippen molar-refractivity contribution in [3.63, 3.8) is 0 Å². The molecule has 0 saturated carbocycles. The van der Waals surface area contributed by atoms with Gasteiger partial charge >= 0.3 is 6.98 Å². The van der Waals surface area contributed by atoms with E-state index in [-0.39, 0.29) is 12.3 Å². The van der Waals surface area contributed by atoms with E-state index in [1.165, 1.54) is 16.4 Å². The summed E-state index contributed by atoms with van der Waals surface area (Å²) in [6.45, 7) is -4.65. The Labute approximate surface area is 104 Å². The first-order valence-corrected chi connectivity index (χ1v) is 7.16. The summed E-state index contributed by atoms with van der Waals surface area (Å²) in [6.07, 6.45) is 0.533. The Balaban J connectivity index is 2.20. The van der Waals surface area contributed by atoms with Gasteiger partial charge in [-0.15, -0.1) is 5.46 Å². The van der Waals surface area contributed by atoms with E-state index in [1.807, 2.05) is 0 Å². The minimum Gasteiger partial charge on any atom is -0.445 e. The Morgan fingerprint density at radius 1 is 1.28 bits per heavy atom. The van der Waals surface area contributed by atoms with E-state index < -0.39 is 22.5 Å². The first kappa shape index (κ1) is 13.4. The summed E-state index contributed by atoms with van der Waals surface area (Å²) in [5, 5.41) is 0. The molecule has 1 fully saturated rings. The van der Waals surface area contributed by atoms with Gasteiger partial charge in [0, 0.05) is 13.1 Å². The Morgan fingerprint density at radius 2 is 2.00 bits per heavy atom. The minimum absolute atomic E-state index is 0.0162. The molecule has 1 aromatic carbocycles. The van der Waals surface area contributed by atoms with Crippen LogP contribution in [0.3, 0.4) is 0 Å². The van der Waals surface area contributed by atoms with Crippen LogP contribution in [0.4, 0.5) is 12.9 Å². The van der Waals surface area contributed by atoms with Crippen LogP contribution < -0.4 is 5.46 Å². The first-order valence-electron chi connectivity index (χ1n) is 5.56. The maximum absolute atomic E-state index is 12.6. The van der Waals surface area contributed by atoms with E-state index in [9.17, 15) is 21.4 Å². The van der Waals surface area contributed by atoms with Crippen LogP contribution in [0, 0.1) is 0 Å². The highest BCUT2D eigenvalue weighted by molar-refractivity contribution is 7.89. The number of sulfonamides is 1. The van der Waals surface area contributed by atoms with E-state index in [1.54, 1.807) is 0 Å². The van der Waals surface area contributed by atoms with Crippen LogP contribution in [0.1, 0.15) is 12.0 Å². The van der Waals surface area contributed by atoms with Gasteiger partial charge in [0.1, 0.15) is 0 Å². The van der Waals surface area contributed by atoms with E-state index in [4.69, 9.17) is 0 Å². The van der Waals surface area contributed by atoms with Crippen LogP contribution in [-0.4, -0.2) is 32.0 Å². The van der Waals surface area contributed by atoms with Gasteiger partial charge in [-0.2, -0.15) is 4.31 Å². The summed E-state index contributed by atoms with van der Waals surface area (Å²) in [5.74, 6) is 0.0793. The third kappa shape index (κ3) is 2.86. The fourth-order valence-corrected chi connectivity index (χ4v) is 3.47.